The van der Waals surface area contributed by atoms with Crippen LogP contribution in [0.3, 0.4) is 0 Å². The molecule has 3 N–H and O–H groups in total. The summed E-state index contributed by atoms with van der Waals surface area (Å²) in [6, 6.07) is 17.9. The van der Waals surface area contributed by atoms with Gasteiger partial charge >= 0.3 is 0 Å². The Morgan fingerprint density at radius 1 is 1.11 bits per heavy atom. The largest absolute Gasteiger partial charge is 0.486 e. The molecule has 0 spiro atoms. The maximum atomic E-state index is 13.2. The van der Waals surface area contributed by atoms with E-state index in [1.807, 2.05) is 42.5 Å². The number of pyridine rings is 1. The van der Waals surface area contributed by atoms with Crippen molar-refractivity contribution in [3.8, 4) is 5.75 Å². The maximum Gasteiger partial charge on any atom is 0.291 e. The number of aromatic nitrogens is 1. The lowest BCUT2D eigenvalue weighted by molar-refractivity contribution is 0.0992. The van der Waals surface area contributed by atoms with Crippen LogP contribution in [0.4, 0.5) is 14.5 Å². The molecule has 0 bridgehead atoms. The van der Waals surface area contributed by atoms with E-state index in [4.69, 9.17) is 14.9 Å². The topological polar surface area (TPSA) is 107 Å². The highest BCUT2D eigenvalue weighted by atomic mass is 32.1. The number of nitrogens with one attached hydrogen (secondary N) is 1. The van der Waals surface area contributed by atoms with Gasteiger partial charge in [-0.1, -0.05) is 30.3 Å². The number of amides is 2. The van der Waals surface area contributed by atoms with Crippen molar-refractivity contribution in [1.82, 2.24) is 4.98 Å². The molecule has 0 fully saturated rings. The monoisotopic (exact) mass is 507 g/mol. The van der Waals surface area contributed by atoms with E-state index in [-0.39, 0.29) is 27.8 Å². The van der Waals surface area contributed by atoms with Crippen LogP contribution in [0.1, 0.15) is 43.7 Å². The van der Waals surface area contributed by atoms with E-state index in [0.29, 0.717) is 22.5 Å². The van der Waals surface area contributed by atoms with Crippen LogP contribution in [0.2, 0.25) is 0 Å². The van der Waals surface area contributed by atoms with Gasteiger partial charge in [0.2, 0.25) is 0 Å². The minimum Gasteiger partial charge on any atom is -0.486 e. The number of thiophene rings is 1. The standard InChI is InChI=1S/C26H19F2N3O4S/c1-13-10-18(23(27)28)30-26-20(13)21(22(36-26)24(29)32)31-25(33)19-9-8-17(35-19)12-34-16-7-6-14-4-2-3-5-15(14)11-16/h2-11,23H,12H2,1H3,(H2,29,32)(H,31,33). The average Bonchev–Trinajstić information content (AvgIpc) is 3.48. The Balaban J connectivity index is 1.35. The van der Waals surface area contributed by atoms with Crippen LogP contribution in [-0.4, -0.2) is 16.8 Å². The Morgan fingerprint density at radius 3 is 2.64 bits per heavy atom. The molecule has 5 rings (SSSR count). The normalized spacial score (nSPS) is 11.3. The van der Waals surface area contributed by atoms with Crippen molar-refractivity contribution in [3.05, 3.63) is 88.3 Å². The van der Waals surface area contributed by atoms with Crippen LogP contribution < -0.4 is 15.8 Å². The van der Waals surface area contributed by atoms with Gasteiger partial charge in [0.25, 0.3) is 18.2 Å². The minimum absolute atomic E-state index is 0.00628. The molecular weight excluding hydrogens is 488 g/mol. The summed E-state index contributed by atoms with van der Waals surface area (Å²) in [5.74, 6) is -0.394. The number of fused-ring (bicyclic) bond motifs is 2. The fraction of sp³-hybridized carbons (Fsp3) is 0.115. The number of furan rings is 1. The summed E-state index contributed by atoms with van der Waals surface area (Å²) in [5, 5.41) is 5.14. The Labute approximate surface area is 207 Å². The average molecular weight is 508 g/mol. The molecule has 2 amide bonds. The summed E-state index contributed by atoms with van der Waals surface area (Å²) in [5.41, 5.74) is 5.60. The molecule has 182 valence electrons. The second kappa shape index (κ2) is 9.38. The number of nitrogens with two attached hydrogens (primary N) is 1. The van der Waals surface area contributed by atoms with E-state index in [0.717, 1.165) is 22.1 Å². The van der Waals surface area contributed by atoms with Crippen molar-refractivity contribution >= 4 is 49.8 Å². The van der Waals surface area contributed by atoms with Crippen LogP contribution in [0.5, 0.6) is 5.75 Å². The lowest BCUT2D eigenvalue weighted by Gasteiger charge is -2.07. The van der Waals surface area contributed by atoms with Gasteiger partial charge in [0.15, 0.2) is 5.76 Å². The van der Waals surface area contributed by atoms with Gasteiger partial charge in [0.1, 0.15) is 33.5 Å². The number of ether oxygens (including phenoxy) is 1. The first kappa shape index (κ1) is 23.4. The van der Waals surface area contributed by atoms with Gasteiger partial charge < -0.3 is 20.2 Å². The highest BCUT2D eigenvalue weighted by Crippen LogP contribution is 2.38. The first-order chi connectivity index (χ1) is 17.3. The predicted molar refractivity (Wildman–Crippen MR) is 133 cm³/mol. The molecule has 7 nitrogen and oxygen atoms in total. The van der Waals surface area contributed by atoms with Gasteiger partial charge in [-0.05, 0) is 53.6 Å². The molecule has 0 aliphatic heterocycles. The number of halogens is 2. The third-order valence-corrected chi connectivity index (χ3v) is 6.65. The van der Waals surface area contributed by atoms with E-state index in [2.05, 4.69) is 10.3 Å². The lowest BCUT2D eigenvalue weighted by atomic mass is 10.1. The number of hydrogen-bond acceptors (Lipinski definition) is 6. The van der Waals surface area contributed by atoms with Crippen molar-refractivity contribution in [2.75, 3.05) is 5.32 Å². The van der Waals surface area contributed by atoms with Crippen molar-refractivity contribution in [1.29, 1.82) is 0 Å². The number of carbonyl (C=O) groups is 2. The van der Waals surface area contributed by atoms with Gasteiger partial charge in [-0.3, -0.25) is 9.59 Å². The number of aryl methyl sites for hydroxylation is 1. The van der Waals surface area contributed by atoms with E-state index in [9.17, 15) is 18.4 Å². The number of rotatable bonds is 7. The molecule has 3 heterocycles. The number of anilines is 1. The summed E-state index contributed by atoms with van der Waals surface area (Å²) in [7, 11) is 0. The fourth-order valence-electron chi connectivity index (χ4n) is 3.88. The van der Waals surface area contributed by atoms with E-state index in [1.54, 1.807) is 13.0 Å². The minimum atomic E-state index is -2.77. The van der Waals surface area contributed by atoms with E-state index < -0.39 is 23.9 Å². The zero-order valence-electron chi connectivity index (χ0n) is 18.9. The molecule has 0 radical (unpaired) electrons. The Hall–Kier alpha value is -4.31. The summed E-state index contributed by atoms with van der Waals surface area (Å²) in [4.78, 5) is 29.0. The molecule has 5 aromatic rings. The predicted octanol–water partition coefficient (Wildman–Crippen LogP) is 6.22. The SMILES string of the molecule is Cc1cc(C(F)F)nc2sc(C(N)=O)c(NC(=O)c3ccc(COc4ccc5ccccc5c4)o3)c12. The number of primary amides is 1. The van der Waals surface area contributed by atoms with Crippen LogP contribution >= 0.6 is 11.3 Å². The van der Waals surface area contributed by atoms with Gasteiger partial charge in [0.05, 0.1) is 5.69 Å². The number of nitrogens with zero attached hydrogens (tertiary/aromatic N) is 1. The Kier molecular flexibility index (Phi) is 6.11. The molecule has 10 heteroatoms. The van der Waals surface area contributed by atoms with Crippen LogP contribution in [0, 0.1) is 6.92 Å². The molecular formula is C26H19F2N3O4S. The zero-order valence-corrected chi connectivity index (χ0v) is 19.7. The second-order valence-electron chi connectivity index (χ2n) is 8.03. The third kappa shape index (κ3) is 4.50. The molecule has 36 heavy (non-hydrogen) atoms. The van der Waals surface area contributed by atoms with Gasteiger partial charge in [-0.15, -0.1) is 11.3 Å². The molecule has 0 aliphatic rings. The molecule has 0 atom stereocenters. The number of alkyl halides is 2. The number of carbonyl (C=O) groups excluding carboxylic acids is 2. The smallest absolute Gasteiger partial charge is 0.291 e. The van der Waals surface area contributed by atoms with Crippen molar-refractivity contribution < 1.29 is 27.5 Å². The molecule has 0 saturated heterocycles. The highest BCUT2D eigenvalue weighted by molar-refractivity contribution is 7.21. The zero-order chi connectivity index (χ0) is 25.4. The van der Waals surface area contributed by atoms with Crippen molar-refractivity contribution in [2.45, 2.75) is 20.0 Å². The Bertz CT molecular complexity index is 1630. The molecule has 0 aliphatic carbocycles. The maximum absolute atomic E-state index is 13.2. The van der Waals surface area contributed by atoms with Gasteiger partial charge in [-0.2, -0.15) is 0 Å². The number of benzene rings is 2. The second-order valence-corrected chi connectivity index (χ2v) is 9.03. The first-order valence-corrected chi connectivity index (χ1v) is 11.7. The van der Waals surface area contributed by atoms with Gasteiger partial charge in [0, 0.05) is 5.39 Å². The molecule has 3 aromatic heterocycles. The molecule has 0 unspecified atom stereocenters. The summed E-state index contributed by atoms with van der Waals surface area (Å²) >= 11 is 0.842. The highest BCUT2D eigenvalue weighted by Gasteiger charge is 2.24. The quantitative estimate of drug-likeness (QED) is 0.272. The van der Waals surface area contributed by atoms with Crippen molar-refractivity contribution in [3.63, 3.8) is 0 Å². The lowest BCUT2D eigenvalue weighted by Crippen LogP contribution is -2.16. The summed E-state index contributed by atoms with van der Waals surface area (Å²) < 4.78 is 37.8. The van der Waals surface area contributed by atoms with Gasteiger partial charge in [-0.25, -0.2) is 13.8 Å². The number of hydrogen-bond donors (Lipinski definition) is 2. The van der Waals surface area contributed by atoms with Crippen LogP contribution in [0.25, 0.3) is 21.0 Å². The Morgan fingerprint density at radius 2 is 1.89 bits per heavy atom. The fourth-order valence-corrected chi connectivity index (χ4v) is 4.94. The van der Waals surface area contributed by atoms with E-state index in [1.165, 1.54) is 12.1 Å². The third-order valence-electron chi connectivity index (χ3n) is 5.55. The summed E-state index contributed by atoms with van der Waals surface area (Å²) in [6.07, 6.45) is -2.77. The van der Waals surface area contributed by atoms with Crippen molar-refractivity contribution in [2.24, 2.45) is 5.73 Å². The summed E-state index contributed by atoms with van der Waals surface area (Å²) in [6.45, 7) is 1.69. The molecule has 0 saturated carbocycles. The van der Waals surface area contributed by atoms with Crippen LogP contribution in [0.15, 0.2) is 65.1 Å². The first-order valence-electron chi connectivity index (χ1n) is 10.8. The van der Waals surface area contributed by atoms with Crippen LogP contribution in [-0.2, 0) is 6.61 Å². The molecule has 2 aromatic carbocycles. The van der Waals surface area contributed by atoms with E-state index >= 15 is 0 Å².